The predicted octanol–water partition coefficient (Wildman–Crippen LogP) is 4.14. The number of carbonyl (C=O) groups is 3. The predicted molar refractivity (Wildman–Crippen MR) is 207 cm³/mol. The molecule has 1 unspecified atom stereocenters. The molecule has 2 saturated heterocycles. The fourth-order valence-corrected chi connectivity index (χ4v) is 7.55. The maximum absolute atomic E-state index is 13.0. The summed E-state index contributed by atoms with van der Waals surface area (Å²) in [5, 5.41) is 5.91. The number of imidazole rings is 1. The van der Waals surface area contributed by atoms with Crippen molar-refractivity contribution in [1.29, 1.82) is 0 Å². The first kappa shape index (κ1) is 36.3. The average Bonchev–Trinajstić information content (AvgIpc) is 3.73. The number of benzene rings is 2. The molecule has 2 aliphatic rings. The van der Waals surface area contributed by atoms with Crippen LogP contribution in [0.4, 0.5) is 11.4 Å². The molecule has 284 valence electrons. The van der Waals surface area contributed by atoms with E-state index in [2.05, 4.69) is 48.5 Å². The van der Waals surface area contributed by atoms with Crippen LogP contribution in [0.3, 0.4) is 0 Å². The van der Waals surface area contributed by atoms with Crippen molar-refractivity contribution in [1.82, 2.24) is 39.7 Å². The number of ether oxygens (including phenoxy) is 1. The standard InChI is InChI=1S/C41H39N9O6/c1-23-36(40(53)42-14-6-7-27-19-31-28(8-5-9-34(31)56-27)29-10-11-35(51)47-39(29)52)43-22-32(46-23)38-44-20-26(21-45-38)48(2)25-17-30(24-12-15-55-16-13-24)37-33(18-25)49(3)41(54)50(37)4/h5,8-9,17-22,24,29H,10-16H2,1-4H3,(H,42,53)(H,47,51,52). The van der Waals surface area contributed by atoms with E-state index >= 15 is 0 Å². The molecule has 2 N–H and O–H groups in total. The van der Waals surface area contributed by atoms with Crippen LogP contribution in [0, 0.1) is 18.8 Å². The molecule has 6 heterocycles. The Morgan fingerprint density at radius 2 is 1.77 bits per heavy atom. The number of carbonyl (C=O) groups excluding carboxylic acids is 3. The molecule has 2 aliphatic heterocycles. The molecule has 0 aliphatic carbocycles. The van der Waals surface area contributed by atoms with Crippen molar-refractivity contribution >= 4 is 51.1 Å². The Labute approximate surface area is 321 Å². The highest BCUT2D eigenvalue weighted by Gasteiger charge is 2.30. The normalized spacial score (nSPS) is 16.1. The molecule has 0 radical (unpaired) electrons. The van der Waals surface area contributed by atoms with Crippen LogP contribution in [0.25, 0.3) is 33.5 Å². The van der Waals surface area contributed by atoms with Gasteiger partial charge in [-0.25, -0.2) is 24.7 Å². The molecule has 8 rings (SSSR count). The van der Waals surface area contributed by atoms with Crippen LogP contribution in [-0.4, -0.2) is 73.6 Å². The summed E-state index contributed by atoms with van der Waals surface area (Å²) >= 11 is 0. The number of aryl methyl sites for hydroxylation is 3. The Morgan fingerprint density at radius 3 is 2.52 bits per heavy atom. The van der Waals surface area contributed by atoms with Gasteiger partial charge in [-0.05, 0) is 67.4 Å². The molecule has 0 spiro atoms. The summed E-state index contributed by atoms with van der Waals surface area (Å²) in [6.45, 7) is 3.10. The van der Waals surface area contributed by atoms with Crippen LogP contribution < -0.4 is 21.2 Å². The van der Waals surface area contributed by atoms with E-state index in [1.165, 1.54) is 6.20 Å². The highest BCUT2D eigenvalue weighted by Crippen LogP contribution is 2.37. The van der Waals surface area contributed by atoms with E-state index in [-0.39, 0.29) is 42.1 Å². The van der Waals surface area contributed by atoms with E-state index in [1.54, 1.807) is 53.7 Å². The number of aromatic nitrogens is 6. The number of anilines is 2. The maximum atomic E-state index is 13.0. The van der Waals surface area contributed by atoms with Crippen LogP contribution in [0.15, 0.2) is 64.2 Å². The van der Waals surface area contributed by atoms with Crippen LogP contribution in [0.2, 0.25) is 0 Å². The summed E-state index contributed by atoms with van der Waals surface area (Å²) in [6, 6.07) is 11.4. The summed E-state index contributed by atoms with van der Waals surface area (Å²) in [6.07, 6.45) is 7.36. The fraction of sp³-hybridized carbons (Fsp3) is 0.317. The molecule has 1 atom stereocenters. The molecule has 15 heteroatoms. The Hall–Kier alpha value is -6.66. The summed E-state index contributed by atoms with van der Waals surface area (Å²) < 4.78 is 14.9. The minimum absolute atomic E-state index is 0.0287. The Morgan fingerprint density at radius 1 is 0.982 bits per heavy atom. The second kappa shape index (κ2) is 14.9. The highest BCUT2D eigenvalue weighted by atomic mass is 16.5. The zero-order valence-corrected chi connectivity index (χ0v) is 31.4. The maximum Gasteiger partial charge on any atom is 0.328 e. The van der Waals surface area contributed by atoms with Gasteiger partial charge in [0.25, 0.3) is 5.91 Å². The third-order valence-electron chi connectivity index (χ3n) is 10.6. The van der Waals surface area contributed by atoms with Crippen molar-refractivity contribution in [2.75, 3.05) is 31.7 Å². The van der Waals surface area contributed by atoms with E-state index in [9.17, 15) is 19.2 Å². The second-order valence-electron chi connectivity index (χ2n) is 14.1. The van der Waals surface area contributed by atoms with Crippen molar-refractivity contribution in [2.24, 2.45) is 14.1 Å². The smallest absolute Gasteiger partial charge is 0.328 e. The lowest BCUT2D eigenvalue weighted by molar-refractivity contribution is -0.134. The largest absolute Gasteiger partial charge is 0.448 e. The minimum Gasteiger partial charge on any atom is -0.448 e. The zero-order valence-electron chi connectivity index (χ0n) is 31.4. The van der Waals surface area contributed by atoms with Crippen LogP contribution in [-0.2, 0) is 28.4 Å². The van der Waals surface area contributed by atoms with Gasteiger partial charge < -0.3 is 19.4 Å². The molecule has 56 heavy (non-hydrogen) atoms. The number of rotatable bonds is 7. The molecule has 15 nitrogen and oxygen atoms in total. The Balaban J connectivity index is 0.938. The molecular weight excluding hydrogens is 715 g/mol. The summed E-state index contributed by atoms with van der Waals surface area (Å²) in [7, 11) is 5.55. The topological polar surface area (TPSA) is 179 Å². The van der Waals surface area contributed by atoms with Crippen LogP contribution in [0.1, 0.15) is 70.6 Å². The number of furan rings is 1. The van der Waals surface area contributed by atoms with Gasteiger partial charge >= 0.3 is 5.69 Å². The summed E-state index contributed by atoms with van der Waals surface area (Å²) in [4.78, 5) is 70.1. The van der Waals surface area contributed by atoms with E-state index in [4.69, 9.17) is 9.15 Å². The molecule has 2 aromatic carbocycles. The van der Waals surface area contributed by atoms with E-state index < -0.39 is 11.8 Å². The number of piperidine rings is 1. The Bertz CT molecular complexity index is 2660. The van der Waals surface area contributed by atoms with Crippen molar-refractivity contribution in [2.45, 2.75) is 44.4 Å². The molecule has 3 amide bonds. The van der Waals surface area contributed by atoms with Gasteiger partial charge in [0.1, 0.15) is 17.0 Å². The zero-order chi connectivity index (χ0) is 39.1. The van der Waals surface area contributed by atoms with Crippen molar-refractivity contribution in [3.8, 4) is 23.4 Å². The van der Waals surface area contributed by atoms with Gasteiger partial charge in [-0.15, -0.1) is 0 Å². The van der Waals surface area contributed by atoms with Gasteiger partial charge in [0, 0.05) is 57.9 Å². The van der Waals surface area contributed by atoms with E-state index in [0.29, 0.717) is 48.2 Å². The minimum atomic E-state index is -0.450. The summed E-state index contributed by atoms with van der Waals surface area (Å²) in [5.74, 6) is 5.36. The lowest BCUT2D eigenvalue weighted by Crippen LogP contribution is -2.39. The van der Waals surface area contributed by atoms with Gasteiger partial charge in [0.05, 0.1) is 53.5 Å². The molecular formula is C41H39N9O6. The number of hydrogen-bond acceptors (Lipinski definition) is 11. The number of fused-ring (bicyclic) bond motifs is 2. The third-order valence-corrected chi connectivity index (χ3v) is 10.6. The number of imide groups is 1. The average molecular weight is 754 g/mol. The summed E-state index contributed by atoms with van der Waals surface area (Å²) in [5.41, 5.74) is 6.82. The molecule has 6 aromatic rings. The first-order chi connectivity index (χ1) is 27.1. The van der Waals surface area contributed by atoms with Gasteiger partial charge in [0.2, 0.25) is 11.8 Å². The highest BCUT2D eigenvalue weighted by molar-refractivity contribution is 6.03. The van der Waals surface area contributed by atoms with Crippen molar-refractivity contribution < 1.29 is 23.5 Å². The number of amides is 3. The molecule has 2 fully saturated rings. The second-order valence-corrected chi connectivity index (χ2v) is 14.1. The first-order valence-corrected chi connectivity index (χ1v) is 18.4. The monoisotopic (exact) mass is 753 g/mol. The van der Waals surface area contributed by atoms with Gasteiger partial charge in [-0.3, -0.25) is 28.8 Å². The van der Waals surface area contributed by atoms with Crippen molar-refractivity contribution in [3.05, 3.63) is 93.7 Å². The first-order valence-electron chi connectivity index (χ1n) is 18.4. The lowest BCUT2D eigenvalue weighted by atomic mass is 9.88. The van der Waals surface area contributed by atoms with Crippen LogP contribution in [0.5, 0.6) is 0 Å². The van der Waals surface area contributed by atoms with E-state index in [0.717, 1.165) is 51.8 Å². The van der Waals surface area contributed by atoms with Crippen molar-refractivity contribution in [3.63, 3.8) is 0 Å². The number of hydrogen-bond donors (Lipinski definition) is 2. The molecule has 4 aromatic heterocycles. The third kappa shape index (κ3) is 6.79. The van der Waals surface area contributed by atoms with Gasteiger partial charge in [0.15, 0.2) is 11.6 Å². The van der Waals surface area contributed by atoms with Gasteiger partial charge in [-0.2, -0.15) is 0 Å². The van der Waals surface area contributed by atoms with Gasteiger partial charge in [-0.1, -0.05) is 18.1 Å². The number of nitrogens with zero attached hydrogens (tertiary/aromatic N) is 7. The van der Waals surface area contributed by atoms with Crippen LogP contribution >= 0.6 is 0 Å². The fourth-order valence-electron chi connectivity index (χ4n) is 7.55. The van der Waals surface area contributed by atoms with E-state index in [1.807, 2.05) is 31.1 Å². The SMILES string of the molecule is Cc1nc(-c2ncc(N(C)c3cc(C4CCOCC4)c4c(c3)n(C)c(=O)n4C)cn2)cnc1C(=O)NCC#Cc1cc2c(C3CCC(=O)NC3=O)cccc2o1. The molecule has 0 saturated carbocycles. The number of nitrogens with one attached hydrogen (secondary N) is 2. The molecule has 0 bridgehead atoms. The Kier molecular flexibility index (Phi) is 9.65. The lowest BCUT2D eigenvalue weighted by Gasteiger charge is -2.26. The quantitative estimate of drug-likeness (QED) is 0.177.